The fourth-order valence-electron chi connectivity index (χ4n) is 3.02. The number of hydrogen-bond acceptors (Lipinski definition) is 7. The molecule has 0 spiro atoms. The summed E-state index contributed by atoms with van der Waals surface area (Å²) in [5.41, 5.74) is 10.7. The fraction of sp³-hybridized carbons (Fsp3) is 0.200. The zero-order valence-corrected chi connectivity index (χ0v) is 15.3. The number of rotatable bonds is 4. The van der Waals surface area contributed by atoms with E-state index in [1.54, 1.807) is 18.6 Å². The average molecular weight is 359 g/mol. The molecular weight excluding hydrogens is 338 g/mol. The number of nitrogens with one attached hydrogen (secondary N) is 1. The molecular formula is C20H21N7. The van der Waals surface area contributed by atoms with Crippen molar-refractivity contribution in [2.75, 3.05) is 12.8 Å². The molecule has 0 amide bonds. The van der Waals surface area contributed by atoms with E-state index in [2.05, 4.69) is 51.6 Å². The zero-order chi connectivity index (χ0) is 18.8. The van der Waals surface area contributed by atoms with Gasteiger partial charge in [-0.25, -0.2) is 9.97 Å². The Morgan fingerprint density at radius 2 is 1.93 bits per heavy atom. The SMILES string of the molecule is CCc1ccc(C2=NN(C)C(c3nc(-c4cccnc4)cnc3N)N2)cc1. The second-order valence-corrected chi connectivity index (χ2v) is 6.39. The number of nitrogens with zero attached hydrogens (tertiary/aromatic N) is 5. The first kappa shape index (κ1) is 17.0. The van der Waals surface area contributed by atoms with Crippen molar-refractivity contribution in [3.05, 3.63) is 71.8 Å². The minimum atomic E-state index is -0.282. The van der Waals surface area contributed by atoms with Gasteiger partial charge in [0.1, 0.15) is 11.5 Å². The highest BCUT2D eigenvalue weighted by Gasteiger charge is 2.28. The highest BCUT2D eigenvalue weighted by Crippen LogP contribution is 2.27. The number of aromatic nitrogens is 3. The van der Waals surface area contributed by atoms with Crippen LogP contribution in [0.2, 0.25) is 0 Å². The first-order valence-corrected chi connectivity index (χ1v) is 8.86. The van der Waals surface area contributed by atoms with E-state index in [0.29, 0.717) is 11.5 Å². The molecule has 1 aromatic carbocycles. The number of amidine groups is 1. The molecule has 0 radical (unpaired) electrons. The maximum Gasteiger partial charge on any atom is 0.163 e. The van der Waals surface area contributed by atoms with Crippen LogP contribution in [-0.2, 0) is 6.42 Å². The van der Waals surface area contributed by atoms with Gasteiger partial charge in [0.2, 0.25) is 0 Å². The largest absolute Gasteiger partial charge is 0.382 e. The molecule has 0 aliphatic carbocycles. The maximum absolute atomic E-state index is 6.12. The van der Waals surface area contributed by atoms with Gasteiger partial charge in [0.05, 0.1) is 11.9 Å². The van der Waals surface area contributed by atoms with Crippen molar-refractivity contribution in [3.63, 3.8) is 0 Å². The van der Waals surface area contributed by atoms with Gasteiger partial charge in [-0.2, -0.15) is 5.10 Å². The van der Waals surface area contributed by atoms with Crippen LogP contribution in [0.3, 0.4) is 0 Å². The van der Waals surface area contributed by atoms with Crippen LogP contribution < -0.4 is 11.1 Å². The third-order valence-corrected chi connectivity index (χ3v) is 4.59. The lowest BCUT2D eigenvalue weighted by Crippen LogP contribution is -2.30. The fourth-order valence-corrected chi connectivity index (χ4v) is 3.02. The Labute approximate surface area is 158 Å². The second-order valence-electron chi connectivity index (χ2n) is 6.39. The summed E-state index contributed by atoms with van der Waals surface area (Å²) in [7, 11) is 1.89. The van der Waals surface area contributed by atoms with E-state index < -0.39 is 0 Å². The number of benzene rings is 1. The normalized spacial score (nSPS) is 16.1. The number of nitrogen functional groups attached to an aromatic ring is 1. The van der Waals surface area contributed by atoms with E-state index in [-0.39, 0.29) is 6.17 Å². The predicted molar refractivity (Wildman–Crippen MR) is 106 cm³/mol. The van der Waals surface area contributed by atoms with Gasteiger partial charge in [0.25, 0.3) is 0 Å². The third kappa shape index (κ3) is 3.31. The lowest BCUT2D eigenvalue weighted by molar-refractivity contribution is 0.267. The molecule has 1 aliphatic rings. The highest BCUT2D eigenvalue weighted by molar-refractivity contribution is 5.99. The van der Waals surface area contributed by atoms with Crippen LogP contribution in [0, 0.1) is 0 Å². The summed E-state index contributed by atoms with van der Waals surface area (Å²) >= 11 is 0. The van der Waals surface area contributed by atoms with Crippen LogP contribution in [-0.4, -0.2) is 32.8 Å². The van der Waals surface area contributed by atoms with Gasteiger partial charge >= 0.3 is 0 Å². The lowest BCUT2D eigenvalue weighted by Gasteiger charge is -2.20. The molecule has 3 heterocycles. The van der Waals surface area contributed by atoms with Gasteiger partial charge in [0, 0.05) is 30.6 Å². The molecule has 4 rings (SSSR count). The average Bonchev–Trinajstić information content (AvgIpc) is 3.10. The molecule has 0 fully saturated rings. The number of hydrazone groups is 1. The smallest absolute Gasteiger partial charge is 0.163 e. The van der Waals surface area contributed by atoms with Gasteiger partial charge in [-0.15, -0.1) is 0 Å². The Morgan fingerprint density at radius 3 is 2.63 bits per heavy atom. The van der Waals surface area contributed by atoms with Crippen LogP contribution in [0.5, 0.6) is 0 Å². The number of nitrogens with two attached hydrogens (primary N) is 1. The summed E-state index contributed by atoms with van der Waals surface area (Å²) in [6, 6.07) is 12.2. The number of pyridine rings is 1. The van der Waals surface area contributed by atoms with Crippen LogP contribution in [0.15, 0.2) is 60.1 Å². The van der Waals surface area contributed by atoms with Crippen molar-refractivity contribution < 1.29 is 0 Å². The van der Waals surface area contributed by atoms with E-state index in [1.165, 1.54) is 5.56 Å². The number of aryl methyl sites for hydroxylation is 1. The summed E-state index contributed by atoms with van der Waals surface area (Å²) in [4.78, 5) is 13.2. The monoisotopic (exact) mass is 359 g/mol. The Kier molecular flexibility index (Phi) is 4.42. The van der Waals surface area contributed by atoms with Crippen molar-refractivity contribution in [1.82, 2.24) is 25.3 Å². The summed E-state index contributed by atoms with van der Waals surface area (Å²) < 4.78 is 0. The lowest BCUT2D eigenvalue weighted by atomic mass is 10.1. The Balaban J connectivity index is 1.62. The number of anilines is 1. The minimum absolute atomic E-state index is 0.282. The van der Waals surface area contributed by atoms with Gasteiger partial charge in [-0.1, -0.05) is 31.2 Å². The van der Waals surface area contributed by atoms with Crippen molar-refractivity contribution >= 4 is 11.7 Å². The van der Waals surface area contributed by atoms with Gasteiger partial charge in [-0.05, 0) is 24.1 Å². The maximum atomic E-state index is 6.12. The predicted octanol–water partition coefficient (Wildman–Crippen LogP) is 2.58. The first-order valence-electron chi connectivity index (χ1n) is 8.86. The quantitative estimate of drug-likeness (QED) is 0.744. The van der Waals surface area contributed by atoms with Crippen molar-refractivity contribution in [1.29, 1.82) is 0 Å². The molecule has 3 N–H and O–H groups in total. The zero-order valence-electron chi connectivity index (χ0n) is 15.3. The second kappa shape index (κ2) is 7.03. The Morgan fingerprint density at radius 1 is 1.11 bits per heavy atom. The highest BCUT2D eigenvalue weighted by atomic mass is 15.6. The van der Waals surface area contributed by atoms with Gasteiger partial charge in [0.15, 0.2) is 12.0 Å². The first-order chi connectivity index (χ1) is 13.2. The summed E-state index contributed by atoms with van der Waals surface area (Å²) in [6.07, 6.45) is 5.87. The molecule has 2 aromatic heterocycles. The van der Waals surface area contributed by atoms with E-state index in [9.17, 15) is 0 Å². The topological polar surface area (TPSA) is 92.3 Å². The Hall–Kier alpha value is -3.48. The van der Waals surface area contributed by atoms with Crippen LogP contribution in [0.1, 0.15) is 29.9 Å². The molecule has 3 aromatic rings. The van der Waals surface area contributed by atoms with Crippen molar-refractivity contribution in [2.24, 2.45) is 5.10 Å². The van der Waals surface area contributed by atoms with Crippen LogP contribution >= 0.6 is 0 Å². The molecule has 7 heteroatoms. The molecule has 1 aliphatic heterocycles. The third-order valence-electron chi connectivity index (χ3n) is 4.59. The van der Waals surface area contributed by atoms with E-state index in [1.807, 2.05) is 24.2 Å². The molecule has 136 valence electrons. The standard InChI is InChI=1S/C20H21N7/c1-3-13-6-8-14(9-7-13)19-25-20(27(2)26-19)17-18(21)23-12-16(24-17)15-5-4-10-22-11-15/h4-12,20H,3H2,1-2H3,(H2,21,23)(H,25,26). The molecule has 1 atom stereocenters. The molecule has 0 saturated heterocycles. The van der Waals surface area contributed by atoms with E-state index >= 15 is 0 Å². The van der Waals surface area contributed by atoms with E-state index in [0.717, 1.165) is 29.1 Å². The van der Waals surface area contributed by atoms with E-state index in [4.69, 9.17) is 10.7 Å². The molecule has 27 heavy (non-hydrogen) atoms. The summed E-state index contributed by atoms with van der Waals surface area (Å²) in [6.45, 7) is 2.14. The summed E-state index contributed by atoms with van der Waals surface area (Å²) in [5, 5.41) is 9.84. The molecule has 7 nitrogen and oxygen atoms in total. The minimum Gasteiger partial charge on any atom is -0.382 e. The van der Waals surface area contributed by atoms with Gasteiger partial charge < -0.3 is 11.1 Å². The molecule has 1 unspecified atom stereocenters. The van der Waals surface area contributed by atoms with Crippen LogP contribution in [0.4, 0.5) is 5.82 Å². The van der Waals surface area contributed by atoms with Gasteiger partial charge in [-0.3, -0.25) is 9.99 Å². The van der Waals surface area contributed by atoms with Crippen molar-refractivity contribution in [2.45, 2.75) is 19.5 Å². The summed E-state index contributed by atoms with van der Waals surface area (Å²) in [5.74, 6) is 1.17. The van der Waals surface area contributed by atoms with Crippen molar-refractivity contribution in [3.8, 4) is 11.3 Å². The molecule has 0 bridgehead atoms. The number of hydrogen-bond donors (Lipinski definition) is 2. The molecule has 0 saturated carbocycles. The van der Waals surface area contributed by atoms with Crippen LogP contribution in [0.25, 0.3) is 11.3 Å². The Bertz CT molecular complexity index is 967.